The number of halogens is 4. The van der Waals surface area contributed by atoms with Crippen molar-refractivity contribution in [2.75, 3.05) is 4.90 Å². The monoisotopic (exact) mass is 264 g/mol. The van der Waals surface area contributed by atoms with E-state index in [1.165, 1.54) is 13.8 Å². The van der Waals surface area contributed by atoms with Gasteiger partial charge < -0.3 is 14.8 Å². The summed E-state index contributed by atoms with van der Waals surface area (Å²) in [5.41, 5.74) is -1.79. The van der Waals surface area contributed by atoms with Crippen molar-refractivity contribution in [1.82, 2.24) is 0 Å². The van der Waals surface area contributed by atoms with Crippen molar-refractivity contribution < 1.29 is 27.5 Å². The van der Waals surface area contributed by atoms with E-state index in [0.29, 0.717) is 17.0 Å². The molecule has 18 heavy (non-hydrogen) atoms. The first kappa shape index (κ1) is 14.3. The molecule has 0 spiro atoms. The Hall–Kier alpha value is -1.79. The third-order valence-electron chi connectivity index (χ3n) is 2.25. The number of carbonyl (C=O) groups is 1. The molecule has 0 aliphatic heterocycles. The molecular weight excluding hydrogens is 254 g/mol. The number of benzene rings is 1. The highest BCUT2D eigenvalue weighted by molar-refractivity contribution is 5.85. The number of rotatable bonds is 2. The lowest BCUT2D eigenvalue weighted by molar-refractivity contribution is -0.247. The van der Waals surface area contributed by atoms with Gasteiger partial charge in [0.2, 0.25) is 0 Å². The molecule has 0 saturated carbocycles. The van der Waals surface area contributed by atoms with E-state index in [2.05, 4.69) is 0 Å². The van der Waals surface area contributed by atoms with E-state index in [-0.39, 0.29) is 5.69 Å². The van der Waals surface area contributed by atoms with Crippen LogP contribution in [0.2, 0.25) is 0 Å². The summed E-state index contributed by atoms with van der Waals surface area (Å²) in [7, 11) is 0. The summed E-state index contributed by atoms with van der Waals surface area (Å²) in [6.07, 6.45) is -6.53. The molecule has 100 valence electrons. The molecule has 0 N–H and O–H groups in total. The number of anilines is 1. The lowest BCUT2D eigenvalue weighted by Gasteiger charge is -2.29. The summed E-state index contributed by atoms with van der Waals surface area (Å²) >= 11 is 0. The van der Waals surface area contributed by atoms with Crippen LogP contribution in [0.15, 0.2) is 18.2 Å². The minimum absolute atomic E-state index is 0.279. The SMILES string of the molecule is CC(C)N(C(=O)[O-])c1ccc(F)c(C(F)(F)F)c1. The second kappa shape index (κ2) is 4.83. The summed E-state index contributed by atoms with van der Waals surface area (Å²) in [6, 6.07) is 1.36. The van der Waals surface area contributed by atoms with Crippen molar-refractivity contribution >= 4 is 11.8 Å². The van der Waals surface area contributed by atoms with Crippen molar-refractivity contribution in [2.24, 2.45) is 0 Å². The Kier molecular flexibility index (Phi) is 3.83. The minimum Gasteiger partial charge on any atom is -0.530 e. The van der Waals surface area contributed by atoms with Gasteiger partial charge in [-0.2, -0.15) is 13.2 Å². The van der Waals surface area contributed by atoms with Crippen molar-refractivity contribution in [3.8, 4) is 0 Å². The second-order valence-corrected chi connectivity index (χ2v) is 3.89. The van der Waals surface area contributed by atoms with Crippen molar-refractivity contribution in [2.45, 2.75) is 26.1 Å². The first-order valence-electron chi connectivity index (χ1n) is 5.01. The van der Waals surface area contributed by atoms with Crippen LogP contribution in [-0.4, -0.2) is 12.1 Å². The highest BCUT2D eigenvalue weighted by Crippen LogP contribution is 2.34. The molecular formula is C11H10F4NO2-. The van der Waals surface area contributed by atoms with Gasteiger partial charge in [-0.15, -0.1) is 0 Å². The van der Waals surface area contributed by atoms with Gasteiger partial charge in [-0.25, -0.2) is 4.39 Å². The Morgan fingerprint density at radius 3 is 2.28 bits per heavy atom. The molecule has 0 radical (unpaired) electrons. The van der Waals surface area contributed by atoms with E-state index >= 15 is 0 Å². The normalized spacial score (nSPS) is 11.7. The summed E-state index contributed by atoms with van der Waals surface area (Å²) in [6.45, 7) is 2.93. The van der Waals surface area contributed by atoms with Gasteiger partial charge in [-0.3, -0.25) is 0 Å². The zero-order valence-electron chi connectivity index (χ0n) is 9.58. The first-order valence-corrected chi connectivity index (χ1v) is 5.01. The van der Waals surface area contributed by atoms with E-state index in [1.54, 1.807) is 0 Å². The van der Waals surface area contributed by atoms with Gasteiger partial charge in [-0.05, 0) is 32.0 Å². The third-order valence-corrected chi connectivity index (χ3v) is 2.25. The first-order chi connectivity index (χ1) is 8.14. The quantitative estimate of drug-likeness (QED) is 0.770. The molecule has 1 amide bonds. The van der Waals surface area contributed by atoms with Gasteiger partial charge in [0.25, 0.3) is 0 Å². The maximum atomic E-state index is 13.0. The molecule has 0 bridgehead atoms. The molecule has 1 aromatic rings. The molecule has 7 heteroatoms. The highest BCUT2D eigenvalue weighted by Gasteiger charge is 2.34. The molecule has 0 heterocycles. The molecule has 0 unspecified atom stereocenters. The maximum absolute atomic E-state index is 13.0. The lowest BCUT2D eigenvalue weighted by atomic mass is 10.1. The van der Waals surface area contributed by atoms with Gasteiger partial charge in [0, 0.05) is 11.7 Å². The molecule has 0 aliphatic rings. The van der Waals surface area contributed by atoms with Crippen LogP contribution in [0.25, 0.3) is 0 Å². The fourth-order valence-electron chi connectivity index (χ4n) is 1.49. The Morgan fingerprint density at radius 1 is 1.33 bits per heavy atom. The van der Waals surface area contributed by atoms with E-state index < -0.39 is 29.7 Å². The minimum atomic E-state index is -4.88. The zero-order chi connectivity index (χ0) is 14.1. The van der Waals surface area contributed by atoms with Crippen LogP contribution in [0.3, 0.4) is 0 Å². The second-order valence-electron chi connectivity index (χ2n) is 3.89. The Labute approximate surface area is 101 Å². The van der Waals surface area contributed by atoms with Crippen molar-refractivity contribution in [3.63, 3.8) is 0 Å². The fourth-order valence-corrected chi connectivity index (χ4v) is 1.49. The number of hydrogen-bond donors (Lipinski definition) is 0. The Balaban J connectivity index is 3.31. The molecule has 0 aliphatic carbocycles. The molecule has 0 aromatic heterocycles. The standard InChI is InChI=1S/C11H11F4NO2/c1-6(2)16(10(17)18)7-3-4-9(12)8(5-7)11(13,14)15/h3-6H,1-2H3,(H,17,18)/p-1. The zero-order valence-corrected chi connectivity index (χ0v) is 9.58. The van der Waals surface area contributed by atoms with Crippen LogP contribution in [0, 0.1) is 5.82 Å². The Morgan fingerprint density at radius 2 is 1.89 bits per heavy atom. The lowest BCUT2D eigenvalue weighted by Crippen LogP contribution is -2.45. The summed E-state index contributed by atoms with van der Waals surface area (Å²) in [4.78, 5) is 11.4. The van der Waals surface area contributed by atoms with Crippen LogP contribution in [0.1, 0.15) is 19.4 Å². The van der Waals surface area contributed by atoms with Crippen LogP contribution >= 0.6 is 0 Å². The van der Waals surface area contributed by atoms with E-state index in [9.17, 15) is 27.5 Å². The topological polar surface area (TPSA) is 43.4 Å². The molecule has 1 aromatic carbocycles. The number of alkyl halides is 3. The van der Waals surface area contributed by atoms with Gasteiger partial charge in [0.1, 0.15) is 11.9 Å². The van der Waals surface area contributed by atoms with Crippen LogP contribution in [0.5, 0.6) is 0 Å². The average Bonchev–Trinajstić information content (AvgIpc) is 2.17. The van der Waals surface area contributed by atoms with Gasteiger partial charge in [-0.1, -0.05) is 0 Å². The molecule has 0 fully saturated rings. The molecule has 1 rings (SSSR count). The Bertz CT molecular complexity index is 457. The summed E-state index contributed by atoms with van der Waals surface area (Å²) < 4.78 is 50.4. The average molecular weight is 264 g/mol. The summed E-state index contributed by atoms with van der Waals surface area (Å²) in [5.74, 6) is -1.45. The number of carboxylic acid groups (broad SMARTS) is 1. The number of carbonyl (C=O) groups excluding carboxylic acids is 1. The summed E-state index contributed by atoms with van der Waals surface area (Å²) in [5, 5.41) is 10.8. The maximum Gasteiger partial charge on any atom is 0.419 e. The van der Waals surface area contributed by atoms with Gasteiger partial charge in [0.05, 0.1) is 5.56 Å². The molecule has 0 saturated heterocycles. The van der Waals surface area contributed by atoms with Gasteiger partial charge >= 0.3 is 6.18 Å². The smallest absolute Gasteiger partial charge is 0.419 e. The largest absolute Gasteiger partial charge is 0.530 e. The van der Waals surface area contributed by atoms with Crippen molar-refractivity contribution in [1.29, 1.82) is 0 Å². The van der Waals surface area contributed by atoms with E-state index in [0.717, 1.165) is 6.07 Å². The van der Waals surface area contributed by atoms with E-state index in [1.807, 2.05) is 0 Å². The fraction of sp³-hybridized carbons (Fsp3) is 0.364. The van der Waals surface area contributed by atoms with Crippen LogP contribution < -0.4 is 10.0 Å². The third kappa shape index (κ3) is 2.91. The predicted octanol–water partition coefficient (Wildman–Crippen LogP) is 2.40. The number of hydrogen-bond acceptors (Lipinski definition) is 2. The van der Waals surface area contributed by atoms with E-state index in [4.69, 9.17) is 0 Å². The highest BCUT2D eigenvalue weighted by atomic mass is 19.4. The predicted molar refractivity (Wildman–Crippen MR) is 54.4 cm³/mol. The molecule has 3 nitrogen and oxygen atoms in total. The van der Waals surface area contributed by atoms with Gasteiger partial charge in [0.15, 0.2) is 0 Å². The number of nitrogens with zero attached hydrogens (tertiary/aromatic N) is 1. The van der Waals surface area contributed by atoms with Crippen molar-refractivity contribution in [3.05, 3.63) is 29.6 Å². The van der Waals surface area contributed by atoms with Crippen LogP contribution in [-0.2, 0) is 6.18 Å². The van der Waals surface area contributed by atoms with Crippen LogP contribution in [0.4, 0.5) is 28.0 Å². The molecule has 0 atom stereocenters. The number of amides is 1.